The van der Waals surface area contributed by atoms with Crippen molar-refractivity contribution in [1.82, 2.24) is 5.32 Å². The minimum Gasteiger partial charge on any atom is -0.312 e. The van der Waals surface area contributed by atoms with Crippen LogP contribution in [0, 0.1) is 6.92 Å². The van der Waals surface area contributed by atoms with E-state index in [1.165, 1.54) is 27.8 Å². The van der Waals surface area contributed by atoms with E-state index >= 15 is 0 Å². The molecule has 0 atom stereocenters. The largest absolute Gasteiger partial charge is 0.312 e. The zero-order valence-corrected chi connectivity index (χ0v) is 10.2. The maximum absolute atomic E-state index is 3.47. The number of hydrogen-bond acceptors (Lipinski definition) is 1. The maximum atomic E-state index is 3.47. The Balaban J connectivity index is 2.14. The van der Waals surface area contributed by atoms with Gasteiger partial charge in [-0.3, -0.25) is 0 Å². The van der Waals surface area contributed by atoms with Gasteiger partial charge in [0.25, 0.3) is 0 Å². The zero-order valence-electron chi connectivity index (χ0n) is 10.2. The molecule has 17 heavy (non-hydrogen) atoms. The summed E-state index contributed by atoms with van der Waals surface area (Å²) in [7, 11) is 0. The second-order valence-corrected chi connectivity index (χ2v) is 4.74. The Hall–Kier alpha value is -1.60. The summed E-state index contributed by atoms with van der Waals surface area (Å²) >= 11 is 0. The van der Waals surface area contributed by atoms with Gasteiger partial charge in [-0.2, -0.15) is 0 Å². The standard InChI is InChI=1S/C16H17N/c1-12-4-2-6-14(10-12)15-7-3-5-13-8-9-17-11-16(13)15/h2-7,10,17H,8-9,11H2,1H3. The van der Waals surface area contributed by atoms with Gasteiger partial charge < -0.3 is 5.32 Å². The van der Waals surface area contributed by atoms with E-state index in [0.29, 0.717) is 0 Å². The van der Waals surface area contributed by atoms with Gasteiger partial charge in [-0.15, -0.1) is 0 Å². The number of fused-ring (bicyclic) bond motifs is 1. The fourth-order valence-corrected chi connectivity index (χ4v) is 2.60. The monoisotopic (exact) mass is 223 g/mol. The highest BCUT2D eigenvalue weighted by molar-refractivity contribution is 5.69. The molecule has 1 heteroatoms. The van der Waals surface area contributed by atoms with Crippen molar-refractivity contribution in [3.63, 3.8) is 0 Å². The summed E-state index contributed by atoms with van der Waals surface area (Å²) in [5.74, 6) is 0. The summed E-state index contributed by atoms with van der Waals surface area (Å²) in [5, 5.41) is 3.47. The first-order valence-electron chi connectivity index (χ1n) is 6.23. The molecule has 0 unspecified atom stereocenters. The molecule has 0 amide bonds. The van der Waals surface area contributed by atoms with Crippen molar-refractivity contribution in [1.29, 1.82) is 0 Å². The Labute approximate surface area is 102 Å². The van der Waals surface area contributed by atoms with E-state index in [2.05, 4.69) is 54.7 Å². The number of aryl methyl sites for hydroxylation is 1. The van der Waals surface area contributed by atoms with E-state index in [0.717, 1.165) is 19.5 Å². The number of hydrogen-bond donors (Lipinski definition) is 1. The summed E-state index contributed by atoms with van der Waals surface area (Å²) in [5.41, 5.74) is 7.03. The Morgan fingerprint density at radius 1 is 1.06 bits per heavy atom. The molecule has 0 saturated carbocycles. The highest BCUT2D eigenvalue weighted by atomic mass is 14.9. The van der Waals surface area contributed by atoms with Gasteiger partial charge >= 0.3 is 0 Å². The molecule has 2 aromatic rings. The van der Waals surface area contributed by atoms with E-state index in [4.69, 9.17) is 0 Å². The van der Waals surface area contributed by atoms with Crippen LogP contribution in [-0.2, 0) is 13.0 Å². The van der Waals surface area contributed by atoms with Gasteiger partial charge in [-0.1, -0.05) is 48.0 Å². The van der Waals surface area contributed by atoms with E-state index < -0.39 is 0 Å². The molecular weight excluding hydrogens is 206 g/mol. The molecule has 0 aliphatic carbocycles. The van der Waals surface area contributed by atoms with Crippen molar-refractivity contribution in [2.24, 2.45) is 0 Å². The average molecular weight is 223 g/mol. The van der Waals surface area contributed by atoms with E-state index in [-0.39, 0.29) is 0 Å². The Bertz CT molecular complexity index is 543. The van der Waals surface area contributed by atoms with Crippen LogP contribution < -0.4 is 5.32 Å². The molecule has 1 nitrogen and oxygen atoms in total. The molecule has 0 bridgehead atoms. The smallest absolute Gasteiger partial charge is 0.0214 e. The Morgan fingerprint density at radius 2 is 1.94 bits per heavy atom. The van der Waals surface area contributed by atoms with Crippen molar-refractivity contribution in [3.8, 4) is 11.1 Å². The second-order valence-electron chi connectivity index (χ2n) is 4.74. The van der Waals surface area contributed by atoms with Crippen LogP contribution in [0.25, 0.3) is 11.1 Å². The molecule has 2 aromatic carbocycles. The lowest BCUT2D eigenvalue weighted by Gasteiger charge is -2.20. The van der Waals surface area contributed by atoms with Gasteiger partial charge in [0.2, 0.25) is 0 Å². The third-order valence-electron chi connectivity index (χ3n) is 3.48. The quantitative estimate of drug-likeness (QED) is 0.782. The molecule has 1 aliphatic rings. The lowest BCUT2D eigenvalue weighted by molar-refractivity contribution is 0.645. The highest BCUT2D eigenvalue weighted by Crippen LogP contribution is 2.28. The van der Waals surface area contributed by atoms with Crippen LogP contribution in [0.15, 0.2) is 42.5 Å². The predicted molar refractivity (Wildman–Crippen MR) is 72.0 cm³/mol. The van der Waals surface area contributed by atoms with Gasteiger partial charge in [-0.25, -0.2) is 0 Å². The molecule has 0 aromatic heterocycles. The highest BCUT2D eigenvalue weighted by Gasteiger charge is 2.13. The minimum atomic E-state index is 0.999. The third kappa shape index (κ3) is 1.98. The van der Waals surface area contributed by atoms with Crippen LogP contribution in [0.3, 0.4) is 0 Å². The first-order valence-corrected chi connectivity index (χ1v) is 6.23. The van der Waals surface area contributed by atoms with Crippen molar-refractivity contribution in [2.75, 3.05) is 6.54 Å². The second kappa shape index (κ2) is 4.34. The van der Waals surface area contributed by atoms with E-state index in [1.807, 2.05) is 0 Å². The SMILES string of the molecule is Cc1cccc(-c2cccc3c2CNCC3)c1. The molecule has 0 spiro atoms. The van der Waals surface area contributed by atoms with Gasteiger partial charge in [0.15, 0.2) is 0 Å². The summed E-state index contributed by atoms with van der Waals surface area (Å²) < 4.78 is 0. The summed E-state index contributed by atoms with van der Waals surface area (Å²) in [6.07, 6.45) is 1.15. The fraction of sp³-hybridized carbons (Fsp3) is 0.250. The van der Waals surface area contributed by atoms with Crippen molar-refractivity contribution in [2.45, 2.75) is 19.9 Å². The van der Waals surface area contributed by atoms with Crippen molar-refractivity contribution in [3.05, 3.63) is 59.2 Å². The molecule has 1 aliphatic heterocycles. The van der Waals surface area contributed by atoms with Gasteiger partial charge in [0.1, 0.15) is 0 Å². The number of nitrogens with one attached hydrogen (secondary N) is 1. The molecule has 0 saturated heterocycles. The van der Waals surface area contributed by atoms with Crippen LogP contribution in [0.5, 0.6) is 0 Å². The molecule has 1 N–H and O–H groups in total. The van der Waals surface area contributed by atoms with Crippen LogP contribution in [0.1, 0.15) is 16.7 Å². The zero-order chi connectivity index (χ0) is 11.7. The summed E-state index contributed by atoms with van der Waals surface area (Å²) in [6.45, 7) is 4.25. The van der Waals surface area contributed by atoms with Gasteiger partial charge in [-0.05, 0) is 42.1 Å². The third-order valence-corrected chi connectivity index (χ3v) is 3.48. The first-order chi connectivity index (χ1) is 8.34. The first kappa shape index (κ1) is 10.5. The van der Waals surface area contributed by atoms with Crippen LogP contribution in [0.4, 0.5) is 0 Å². The van der Waals surface area contributed by atoms with Gasteiger partial charge in [0.05, 0.1) is 0 Å². The van der Waals surface area contributed by atoms with Gasteiger partial charge in [0, 0.05) is 6.54 Å². The lowest BCUT2D eigenvalue weighted by Crippen LogP contribution is -2.24. The Kier molecular flexibility index (Phi) is 2.69. The van der Waals surface area contributed by atoms with E-state index in [1.54, 1.807) is 0 Å². The van der Waals surface area contributed by atoms with Crippen LogP contribution >= 0.6 is 0 Å². The Morgan fingerprint density at radius 3 is 2.82 bits per heavy atom. The number of rotatable bonds is 1. The normalized spacial score (nSPS) is 14.4. The molecular formula is C16H17N. The molecule has 0 fully saturated rings. The number of benzene rings is 2. The minimum absolute atomic E-state index is 0.999. The molecule has 3 rings (SSSR count). The van der Waals surface area contributed by atoms with Crippen LogP contribution in [0.2, 0.25) is 0 Å². The maximum Gasteiger partial charge on any atom is 0.0214 e. The summed E-state index contributed by atoms with van der Waals surface area (Å²) in [4.78, 5) is 0. The lowest BCUT2D eigenvalue weighted by atomic mass is 9.91. The van der Waals surface area contributed by atoms with Crippen LogP contribution in [-0.4, -0.2) is 6.54 Å². The van der Waals surface area contributed by atoms with Crippen molar-refractivity contribution < 1.29 is 0 Å². The summed E-state index contributed by atoms with van der Waals surface area (Å²) in [6, 6.07) is 15.4. The van der Waals surface area contributed by atoms with Crippen molar-refractivity contribution >= 4 is 0 Å². The molecule has 86 valence electrons. The molecule has 0 radical (unpaired) electrons. The molecule has 1 heterocycles. The fourth-order valence-electron chi connectivity index (χ4n) is 2.60. The van der Waals surface area contributed by atoms with E-state index in [9.17, 15) is 0 Å². The average Bonchev–Trinajstić information content (AvgIpc) is 2.38. The predicted octanol–water partition coefficient (Wildman–Crippen LogP) is 3.31. The topological polar surface area (TPSA) is 12.0 Å².